The number of carboxylic acids is 1. The van der Waals surface area contributed by atoms with Gasteiger partial charge in [-0.2, -0.15) is 0 Å². The van der Waals surface area contributed by atoms with Crippen molar-refractivity contribution in [1.29, 1.82) is 0 Å². The van der Waals surface area contributed by atoms with Crippen LogP contribution in [0.5, 0.6) is 11.5 Å². The quantitative estimate of drug-likeness (QED) is 0.0208. The maximum atomic E-state index is 12.3. The molecular weight excluding hydrogens is 1790 g/mol. The molecule has 9 saturated carbocycles. The van der Waals surface area contributed by atoms with E-state index in [2.05, 4.69) is 102 Å². The Bertz CT molecular complexity index is 3960. The Kier molecular flexibility index (Phi) is 54.3. The fraction of sp³-hybridized carbons (Fsp3) is 0.752. The number of esters is 6. The molecule has 11 fully saturated rings. The molecule has 0 amide bonds. The molecule has 23 nitrogen and oxygen atoms in total. The van der Waals surface area contributed by atoms with Crippen molar-refractivity contribution in [1.82, 2.24) is 0 Å². The van der Waals surface area contributed by atoms with Gasteiger partial charge in [-0.25, -0.2) is 18.7 Å². The zero-order chi connectivity index (χ0) is 103. The molecule has 3 N–H and O–H groups in total. The molecule has 788 valence electrons. The number of carboxylic acid groups (broad SMARTS) is 1. The molecular formula is C113H185ClO23P-. The fourth-order valence-corrected chi connectivity index (χ4v) is 17.8. The number of ether oxygens (including phenoxy) is 11. The summed E-state index contributed by atoms with van der Waals surface area (Å²) in [5.74, 6) is 0.383. The molecule has 2 heterocycles. The SMILES string of the molecule is C=C(C)C(=O)O.C=C(C)C(=O)OC(OC1CCCCC1)C(C)(C)C.C=C(C)C(=O)OC1C2CC3C(=O)OC1C3C2.C=Cc1ccc(O)cc1.CC(C)(C)C(OC1CCCCC1)OC1CCCCC1.CC(C)(C)C(OCl)OC1CCCCC1.CC(C)(C)C=O.CCC(C)(C)C(=O)OC(OC1CCCCC1)C(C)(C)C.CCC(C)(C)C(=O)OC1C2CC3C(=O)OC1C3C2.CCC(C)c1ccc(O)cc1.[PH2-]. The van der Waals surface area contributed by atoms with Crippen LogP contribution in [0.2, 0.25) is 0 Å². The van der Waals surface area contributed by atoms with E-state index >= 15 is 0 Å². The van der Waals surface area contributed by atoms with Gasteiger partial charge in [-0.05, 0) is 199 Å². The van der Waals surface area contributed by atoms with Gasteiger partial charge >= 0.3 is 41.8 Å². The fourth-order valence-electron chi connectivity index (χ4n) is 17.5. The normalized spacial score (nSPS) is 23.7. The Morgan fingerprint density at radius 2 is 0.739 bits per heavy atom. The number of phenolic OH excluding ortho intramolecular Hbond substituents is 2. The summed E-state index contributed by atoms with van der Waals surface area (Å²) in [6.07, 6.45) is 39.3. The van der Waals surface area contributed by atoms with Gasteiger partial charge in [-0.3, -0.25) is 19.2 Å². The largest absolute Gasteiger partial charge is 0.577 e. The lowest BCUT2D eigenvalue weighted by atomic mass is 9.87. The Morgan fingerprint density at radius 3 is 1.02 bits per heavy atom. The molecule has 25 heteroatoms. The number of hydrogen-bond donors (Lipinski definition) is 3. The first-order valence-electron chi connectivity index (χ1n) is 51.5. The van der Waals surface area contributed by atoms with E-state index in [4.69, 9.17) is 83.6 Å². The van der Waals surface area contributed by atoms with Crippen molar-refractivity contribution in [3.05, 3.63) is 103 Å². The van der Waals surface area contributed by atoms with Crippen LogP contribution in [0.3, 0.4) is 0 Å². The topological polar surface area (TPSA) is 308 Å². The molecule has 2 saturated heterocycles. The van der Waals surface area contributed by atoms with Gasteiger partial charge in [-0.1, -0.05) is 285 Å². The highest BCUT2D eigenvalue weighted by Gasteiger charge is 2.65. The van der Waals surface area contributed by atoms with Crippen molar-refractivity contribution < 1.29 is 110 Å². The van der Waals surface area contributed by atoms with E-state index in [0.717, 1.165) is 95.3 Å². The third-order valence-corrected chi connectivity index (χ3v) is 27.6. The highest BCUT2D eigenvalue weighted by atomic mass is 35.5. The number of carbonyl (C=O) groups excluding carboxylic acids is 7. The number of benzene rings is 2. The molecule has 2 aromatic rings. The number of aromatic hydroxyl groups is 2. The number of aldehydes is 1. The van der Waals surface area contributed by atoms with Crippen molar-refractivity contribution in [2.75, 3.05) is 0 Å². The molecule has 13 rings (SSSR count). The highest BCUT2D eigenvalue weighted by Crippen LogP contribution is 2.57. The molecule has 2 aliphatic heterocycles. The maximum Gasteiger partial charge on any atom is 0.335 e. The van der Waals surface area contributed by atoms with Crippen molar-refractivity contribution >= 4 is 75.9 Å². The van der Waals surface area contributed by atoms with Crippen LogP contribution >= 0.6 is 21.8 Å². The first-order valence-corrected chi connectivity index (χ1v) is 51.8. The van der Waals surface area contributed by atoms with E-state index in [-0.39, 0.29) is 145 Å². The Balaban J connectivity index is 0.000000401. The van der Waals surface area contributed by atoms with Crippen LogP contribution < -0.4 is 0 Å². The minimum absolute atomic E-state index is 0. The molecule has 0 radical (unpaired) electrons. The van der Waals surface area contributed by atoms with Crippen molar-refractivity contribution in [3.63, 3.8) is 0 Å². The Labute approximate surface area is 840 Å². The van der Waals surface area contributed by atoms with Gasteiger partial charge in [0.1, 0.15) is 42.2 Å². The van der Waals surface area contributed by atoms with Crippen molar-refractivity contribution in [3.8, 4) is 11.5 Å². The number of halogens is 1. The van der Waals surface area contributed by atoms with Gasteiger partial charge in [0.15, 0.2) is 12.6 Å². The lowest BCUT2D eigenvalue weighted by Gasteiger charge is -2.38. The summed E-state index contributed by atoms with van der Waals surface area (Å²) in [6, 6.07) is 14.3. The average Bonchev–Trinajstić information content (AvgIpc) is 1.58. The van der Waals surface area contributed by atoms with Crippen molar-refractivity contribution in [2.45, 2.75) is 471 Å². The number of phenols is 2. The average molecular weight is 1980 g/mol. The second kappa shape index (κ2) is 59.6. The van der Waals surface area contributed by atoms with E-state index in [9.17, 15) is 38.4 Å². The third-order valence-electron chi connectivity index (χ3n) is 27.5. The van der Waals surface area contributed by atoms with Crippen molar-refractivity contribution in [2.24, 2.45) is 73.4 Å². The van der Waals surface area contributed by atoms with Crippen LogP contribution in [0.15, 0.2) is 91.6 Å². The first kappa shape index (κ1) is 126. The van der Waals surface area contributed by atoms with Crippen LogP contribution in [0, 0.1) is 73.4 Å². The van der Waals surface area contributed by atoms with Gasteiger partial charge in [0.05, 0.1) is 65.1 Å². The molecule has 14 unspecified atom stereocenters. The molecule has 4 bridgehead atoms. The summed E-state index contributed by atoms with van der Waals surface area (Å²) in [6.45, 7) is 65.4. The summed E-state index contributed by atoms with van der Waals surface area (Å²) < 4.78 is 68.3. The maximum absolute atomic E-state index is 12.3. The molecule has 14 atom stereocenters. The molecule has 9 aliphatic carbocycles. The second-order valence-corrected chi connectivity index (χ2v) is 46.7. The van der Waals surface area contributed by atoms with E-state index in [1.54, 1.807) is 44.2 Å². The van der Waals surface area contributed by atoms with Crippen LogP contribution in [-0.2, 0) is 94.8 Å². The summed E-state index contributed by atoms with van der Waals surface area (Å²) >= 11 is 5.45. The Morgan fingerprint density at radius 1 is 0.442 bits per heavy atom. The zero-order valence-corrected chi connectivity index (χ0v) is 91.6. The smallest absolute Gasteiger partial charge is 0.335 e. The molecule has 2 aromatic carbocycles. The van der Waals surface area contributed by atoms with Gasteiger partial charge < -0.3 is 82.1 Å². The lowest BCUT2D eigenvalue weighted by molar-refractivity contribution is -0.245. The van der Waals surface area contributed by atoms with Crippen LogP contribution in [0.1, 0.15) is 403 Å². The summed E-state index contributed by atoms with van der Waals surface area (Å²) in [7, 11) is 0. The van der Waals surface area contributed by atoms with E-state index in [1.807, 2.05) is 107 Å². The number of fused-ring (bicyclic) bond motifs is 2. The van der Waals surface area contributed by atoms with Gasteiger partial charge in [0.2, 0.25) is 12.6 Å². The predicted octanol–water partition coefficient (Wildman–Crippen LogP) is 27.6. The van der Waals surface area contributed by atoms with E-state index < -0.39 is 29.4 Å². The molecule has 11 aliphatic rings. The van der Waals surface area contributed by atoms with E-state index in [0.29, 0.717) is 64.6 Å². The third kappa shape index (κ3) is 43.9. The highest BCUT2D eigenvalue weighted by molar-refractivity contribution is 6.92. The Hall–Kier alpha value is -6.56. The summed E-state index contributed by atoms with van der Waals surface area (Å²) in [5, 5.41) is 25.7. The van der Waals surface area contributed by atoms with Gasteiger partial charge in [0, 0.05) is 67.5 Å². The number of hydrogen-bond acceptors (Lipinski definition) is 22. The molecule has 138 heavy (non-hydrogen) atoms. The van der Waals surface area contributed by atoms with Gasteiger partial charge in [-0.15, -0.1) is 0 Å². The summed E-state index contributed by atoms with van der Waals surface area (Å²) in [5.41, 5.74) is 1.87. The molecule has 0 spiro atoms. The predicted molar refractivity (Wildman–Crippen MR) is 551 cm³/mol. The zero-order valence-electron chi connectivity index (χ0n) is 89.7. The number of carbonyl (C=O) groups is 8. The van der Waals surface area contributed by atoms with Crippen LogP contribution in [-0.4, -0.2) is 143 Å². The minimum atomic E-state index is -0.935. The monoisotopic (exact) mass is 1980 g/mol. The number of rotatable bonds is 25. The molecule has 0 aromatic heterocycles. The van der Waals surface area contributed by atoms with E-state index in [1.165, 1.54) is 134 Å². The van der Waals surface area contributed by atoms with Crippen LogP contribution in [0.4, 0.5) is 0 Å². The second-order valence-electron chi connectivity index (χ2n) is 46.5. The number of aliphatic carboxylic acids is 1. The minimum Gasteiger partial charge on any atom is -0.577 e. The van der Waals surface area contributed by atoms with Crippen LogP contribution in [0.25, 0.3) is 6.08 Å². The standard InChI is InChI=1S/C17H32O3.C17H32O2.C15H26O3.C14H20O4.C12H14O4.C11H21ClO2.C10H14O.C8H8O.C5H10O.C4H6O2.H2P/c1-7-17(5,6)14(18)20-15(16(2,3)4)19-13-11-9-8-10-12-13;1-17(2,3)16(18-14-10-6-4-7-11-14)19-15-12-8-5-9-13-15;1-11(2)13(16)18-14(15(3,4)5)17-12-9-7-6-8-10-12;1-4-14(2,3)13(16)18-10-7-5-8-9(6-7)12(15)17-11(8)10;1-5(2)11(13)15-9-6-3-7-8(4-6)12(14)16-10(7)9;1-11(2,3)10(14-12)13-9-7-5-4-6-8-9;1-3-8(2)9-4-6-10(11)7-5-9;1-2-7-3-5-8(9)6-4-7;1-5(2,3)4-6;1-3(2)4(5)6;/h13,15H,7-12H2,1-6H3;14-16H,4-13H2,1-3H3;12,14H,1,6-10H2,2-5H3;7-11H,4-6H2,1-3H3;6-10H,1,3-4H2,2H3;9-10H,4-8H2,1-3H3;4-8,11H,3H2,1-2H3;2-6,9H,1H2;4H,1-3H3;1H2,2H3,(H,5,6);1H2/q;;;;;;;;;;-1. The summed E-state index contributed by atoms with van der Waals surface area (Å²) in [4.78, 5) is 90.0. The lowest BCUT2D eigenvalue weighted by Crippen LogP contribution is -2.41. The van der Waals surface area contributed by atoms with Gasteiger partial charge in [0.25, 0.3) is 0 Å². The first-order chi connectivity index (χ1) is 63.8.